The van der Waals surface area contributed by atoms with Crippen molar-refractivity contribution in [2.45, 2.75) is 25.9 Å². The zero-order valence-electron chi connectivity index (χ0n) is 15.2. The smallest absolute Gasteiger partial charge is 0.194 e. The highest BCUT2D eigenvalue weighted by molar-refractivity contribution is 6.32. The number of anilines is 1. The van der Waals surface area contributed by atoms with E-state index in [2.05, 4.69) is 5.32 Å². The molecule has 2 aromatic carbocycles. The van der Waals surface area contributed by atoms with E-state index in [0.717, 1.165) is 18.4 Å². The SMILES string of the molecule is CCNC[C@H](CC=O)N(Cc1ccc(F)c(F)c1F)c1ccc(C#N)c(Cl)c1. The third-order valence-corrected chi connectivity index (χ3v) is 4.61. The summed E-state index contributed by atoms with van der Waals surface area (Å²) in [6, 6.07) is 8.24. The first-order chi connectivity index (χ1) is 13.4. The zero-order chi connectivity index (χ0) is 20.7. The summed E-state index contributed by atoms with van der Waals surface area (Å²) in [4.78, 5) is 12.9. The van der Waals surface area contributed by atoms with Gasteiger partial charge >= 0.3 is 0 Å². The van der Waals surface area contributed by atoms with Gasteiger partial charge in [-0.1, -0.05) is 24.6 Å². The Hall–Kier alpha value is -2.56. The lowest BCUT2D eigenvalue weighted by atomic mass is 10.1. The van der Waals surface area contributed by atoms with Crippen LogP contribution in [-0.4, -0.2) is 25.4 Å². The van der Waals surface area contributed by atoms with Crippen LogP contribution in [-0.2, 0) is 11.3 Å². The van der Waals surface area contributed by atoms with Crippen molar-refractivity contribution in [2.75, 3.05) is 18.0 Å². The van der Waals surface area contributed by atoms with Crippen molar-refractivity contribution in [1.82, 2.24) is 5.32 Å². The van der Waals surface area contributed by atoms with Crippen LogP contribution in [0.4, 0.5) is 18.9 Å². The van der Waals surface area contributed by atoms with E-state index in [1.165, 1.54) is 12.1 Å². The molecule has 0 fully saturated rings. The minimum Gasteiger partial charge on any atom is -0.362 e. The minimum absolute atomic E-state index is 0.0632. The molecular formula is C20H19ClF3N3O. The molecule has 0 spiro atoms. The van der Waals surface area contributed by atoms with Gasteiger partial charge in [-0.05, 0) is 30.8 Å². The number of benzene rings is 2. The van der Waals surface area contributed by atoms with E-state index in [1.807, 2.05) is 13.0 Å². The summed E-state index contributed by atoms with van der Waals surface area (Å²) in [5.74, 6) is -4.10. The Balaban J connectivity index is 2.49. The van der Waals surface area contributed by atoms with Crippen LogP contribution in [0.25, 0.3) is 0 Å². The Labute approximate surface area is 166 Å². The minimum atomic E-state index is -1.55. The normalized spacial score (nSPS) is 11.7. The van der Waals surface area contributed by atoms with Crippen LogP contribution in [0.2, 0.25) is 5.02 Å². The second-order valence-corrected chi connectivity index (χ2v) is 6.51. The Morgan fingerprint density at radius 2 is 2.00 bits per heavy atom. The molecule has 0 heterocycles. The van der Waals surface area contributed by atoms with Crippen LogP contribution in [0.5, 0.6) is 0 Å². The van der Waals surface area contributed by atoms with Crippen LogP contribution in [0.15, 0.2) is 30.3 Å². The molecule has 0 saturated carbocycles. The average Bonchev–Trinajstić information content (AvgIpc) is 2.69. The predicted molar refractivity (Wildman–Crippen MR) is 102 cm³/mol. The Morgan fingerprint density at radius 1 is 1.25 bits per heavy atom. The Morgan fingerprint density at radius 3 is 2.61 bits per heavy atom. The first kappa shape index (κ1) is 21.7. The van der Waals surface area contributed by atoms with Crippen LogP contribution < -0.4 is 10.2 Å². The number of carbonyl (C=O) groups excluding carboxylic acids is 1. The maximum atomic E-state index is 14.2. The first-order valence-corrected chi connectivity index (χ1v) is 9.03. The van der Waals surface area contributed by atoms with Crippen molar-refractivity contribution >= 4 is 23.6 Å². The summed E-state index contributed by atoms with van der Waals surface area (Å²) in [5, 5.41) is 12.4. The number of carbonyl (C=O) groups is 1. The van der Waals surface area contributed by atoms with Gasteiger partial charge in [0, 0.05) is 36.8 Å². The van der Waals surface area contributed by atoms with E-state index in [-0.39, 0.29) is 29.1 Å². The highest BCUT2D eigenvalue weighted by atomic mass is 35.5. The van der Waals surface area contributed by atoms with Crippen molar-refractivity contribution in [3.05, 3.63) is 63.9 Å². The number of nitrogens with zero attached hydrogens (tertiary/aromatic N) is 2. The van der Waals surface area contributed by atoms with Crippen molar-refractivity contribution in [3.63, 3.8) is 0 Å². The monoisotopic (exact) mass is 409 g/mol. The van der Waals surface area contributed by atoms with Crippen LogP contribution in [0, 0.1) is 28.8 Å². The molecule has 2 rings (SSSR count). The third kappa shape index (κ3) is 5.03. The number of nitriles is 1. The van der Waals surface area contributed by atoms with Gasteiger partial charge in [0.25, 0.3) is 0 Å². The molecule has 1 N–H and O–H groups in total. The average molecular weight is 410 g/mol. The summed E-state index contributed by atoms with van der Waals surface area (Å²) < 4.78 is 41.2. The fraction of sp³-hybridized carbons (Fsp3) is 0.300. The molecule has 0 aromatic heterocycles. The van der Waals surface area contributed by atoms with Crippen molar-refractivity contribution in [2.24, 2.45) is 0 Å². The lowest BCUT2D eigenvalue weighted by Gasteiger charge is -2.33. The lowest BCUT2D eigenvalue weighted by molar-refractivity contribution is -0.108. The molecule has 0 bridgehead atoms. The van der Waals surface area contributed by atoms with Crippen LogP contribution >= 0.6 is 11.6 Å². The largest absolute Gasteiger partial charge is 0.362 e. The summed E-state index contributed by atoms with van der Waals surface area (Å²) in [6.45, 7) is 2.83. The summed E-state index contributed by atoms with van der Waals surface area (Å²) >= 11 is 6.12. The van der Waals surface area contributed by atoms with E-state index >= 15 is 0 Å². The number of hydrogen-bond acceptors (Lipinski definition) is 4. The fourth-order valence-corrected chi connectivity index (χ4v) is 3.04. The maximum absolute atomic E-state index is 14.2. The predicted octanol–water partition coefficient (Wildman–Crippen LogP) is 4.20. The molecule has 0 saturated heterocycles. The second kappa shape index (κ2) is 10.1. The number of halogens is 4. The lowest BCUT2D eigenvalue weighted by Crippen LogP contribution is -2.42. The van der Waals surface area contributed by atoms with Crippen molar-refractivity contribution in [1.29, 1.82) is 5.26 Å². The van der Waals surface area contributed by atoms with Gasteiger partial charge in [-0.15, -0.1) is 0 Å². The molecule has 0 aliphatic rings. The fourth-order valence-electron chi connectivity index (χ4n) is 2.82. The topological polar surface area (TPSA) is 56.1 Å². The molecule has 0 unspecified atom stereocenters. The zero-order valence-corrected chi connectivity index (χ0v) is 15.9. The van der Waals surface area contributed by atoms with Gasteiger partial charge in [-0.25, -0.2) is 13.2 Å². The standard InChI is InChI=1S/C20H19ClF3N3O/c1-2-26-11-16(7-8-28)27(15-5-3-13(10-25)17(21)9-15)12-14-4-6-18(22)20(24)19(14)23/h3-6,8-9,16,26H,2,7,11-12H2,1H3/t16-/m0/s1. The van der Waals surface area contributed by atoms with Gasteiger partial charge < -0.3 is 15.0 Å². The Bertz CT molecular complexity index is 886. The van der Waals surface area contributed by atoms with Gasteiger partial charge in [0.15, 0.2) is 17.5 Å². The van der Waals surface area contributed by atoms with E-state index in [9.17, 15) is 18.0 Å². The van der Waals surface area contributed by atoms with Gasteiger partial charge in [-0.3, -0.25) is 0 Å². The number of hydrogen-bond donors (Lipinski definition) is 1. The molecule has 8 heteroatoms. The molecule has 0 amide bonds. The third-order valence-electron chi connectivity index (χ3n) is 4.30. The van der Waals surface area contributed by atoms with Gasteiger partial charge in [0.1, 0.15) is 12.4 Å². The molecule has 0 aliphatic carbocycles. The van der Waals surface area contributed by atoms with Gasteiger partial charge in [0.05, 0.1) is 10.6 Å². The molecular weight excluding hydrogens is 391 g/mol. The number of aldehydes is 1. The highest BCUT2D eigenvalue weighted by Crippen LogP contribution is 2.28. The van der Waals surface area contributed by atoms with Crippen LogP contribution in [0.3, 0.4) is 0 Å². The first-order valence-electron chi connectivity index (χ1n) is 8.65. The molecule has 148 valence electrons. The molecule has 28 heavy (non-hydrogen) atoms. The number of nitrogens with one attached hydrogen (secondary N) is 1. The number of likely N-dealkylation sites (N-methyl/N-ethyl adjacent to an activating group) is 1. The molecule has 2 aromatic rings. The van der Waals surface area contributed by atoms with E-state index < -0.39 is 23.5 Å². The maximum Gasteiger partial charge on any atom is 0.194 e. The molecule has 0 radical (unpaired) electrons. The van der Waals surface area contributed by atoms with Gasteiger partial charge in [0.2, 0.25) is 0 Å². The summed E-state index contributed by atoms with van der Waals surface area (Å²) in [5.41, 5.74) is 0.729. The van der Waals surface area contributed by atoms with E-state index in [0.29, 0.717) is 18.8 Å². The Kier molecular flexibility index (Phi) is 7.85. The van der Waals surface area contributed by atoms with Crippen molar-refractivity contribution in [3.8, 4) is 6.07 Å². The van der Waals surface area contributed by atoms with Crippen LogP contribution in [0.1, 0.15) is 24.5 Å². The van der Waals surface area contributed by atoms with E-state index in [4.69, 9.17) is 16.9 Å². The molecule has 0 aliphatic heterocycles. The molecule has 4 nitrogen and oxygen atoms in total. The molecule has 1 atom stereocenters. The number of rotatable bonds is 9. The van der Waals surface area contributed by atoms with Gasteiger partial charge in [-0.2, -0.15) is 5.26 Å². The van der Waals surface area contributed by atoms with Crippen molar-refractivity contribution < 1.29 is 18.0 Å². The second-order valence-electron chi connectivity index (χ2n) is 6.10. The highest BCUT2D eigenvalue weighted by Gasteiger charge is 2.23. The summed E-state index contributed by atoms with van der Waals surface area (Å²) in [6.07, 6.45) is 0.859. The quantitative estimate of drug-likeness (QED) is 0.498. The van der Waals surface area contributed by atoms with E-state index in [1.54, 1.807) is 11.0 Å². The summed E-state index contributed by atoms with van der Waals surface area (Å²) in [7, 11) is 0.